The summed E-state index contributed by atoms with van der Waals surface area (Å²) in [6.07, 6.45) is 1.47. The number of amides is 1. The summed E-state index contributed by atoms with van der Waals surface area (Å²) in [6, 6.07) is 6.57. The summed E-state index contributed by atoms with van der Waals surface area (Å²) < 4.78 is 13.2. The van der Waals surface area contributed by atoms with Gasteiger partial charge in [-0.2, -0.15) is 0 Å². The first-order valence-electron chi connectivity index (χ1n) is 5.04. The van der Waals surface area contributed by atoms with E-state index in [9.17, 15) is 9.18 Å². The zero-order chi connectivity index (χ0) is 10.7. The summed E-state index contributed by atoms with van der Waals surface area (Å²) in [5.41, 5.74) is 3.51. The molecule has 0 radical (unpaired) electrons. The van der Waals surface area contributed by atoms with Crippen LogP contribution in [0.3, 0.4) is 0 Å². The van der Waals surface area contributed by atoms with Crippen LogP contribution in [0.25, 0.3) is 0 Å². The lowest BCUT2D eigenvalue weighted by molar-refractivity contribution is -0.130. The van der Waals surface area contributed by atoms with E-state index < -0.39 is 0 Å². The maximum Gasteiger partial charge on any atom is 0.236 e. The van der Waals surface area contributed by atoms with Crippen molar-refractivity contribution in [3.05, 3.63) is 35.6 Å². The first-order chi connectivity index (χ1) is 7.27. The van der Waals surface area contributed by atoms with E-state index in [1.165, 1.54) is 6.07 Å². The average Bonchev–Trinajstić information content (AvgIpc) is 2.63. The second kappa shape index (κ2) is 4.40. The summed E-state index contributed by atoms with van der Waals surface area (Å²) in [5, 5.41) is 1.56. The second-order valence-electron chi connectivity index (χ2n) is 3.58. The summed E-state index contributed by atoms with van der Waals surface area (Å²) in [7, 11) is 0. The van der Waals surface area contributed by atoms with Gasteiger partial charge in [0.1, 0.15) is 5.82 Å². The number of halogens is 1. The zero-order valence-electron chi connectivity index (χ0n) is 8.37. The molecule has 1 aromatic rings. The molecule has 1 aromatic carbocycles. The van der Waals surface area contributed by atoms with Gasteiger partial charge in [-0.05, 0) is 12.5 Å². The second-order valence-corrected chi connectivity index (χ2v) is 3.58. The number of nitrogens with one attached hydrogen (secondary N) is 1. The molecule has 1 fully saturated rings. The van der Waals surface area contributed by atoms with E-state index >= 15 is 0 Å². The van der Waals surface area contributed by atoms with Crippen LogP contribution in [0.15, 0.2) is 24.3 Å². The minimum absolute atomic E-state index is 0.0892. The smallest absolute Gasteiger partial charge is 0.236 e. The van der Waals surface area contributed by atoms with Gasteiger partial charge in [0.15, 0.2) is 0 Å². The summed E-state index contributed by atoms with van der Waals surface area (Å²) >= 11 is 0. The lowest BCUT2D eigenvalue weighted by Crippen LogP contribution is -2.38. The Morgan fingerprint density at radius 1 is 1.40 bits per heavy atom. The Bertz CT molecular complexity index is 367. The highest BCUT2D eigenvalue weighted by atomic mass is 19.1. The number of nitrogens with zero attached hydrogens (tertiary/aromatic N) is 1. The first-order valence-corrected chi connectivity index (χ1v) is 5.04. The molecule has 2 rings (SSSR count). The van der Waals surface area contributed by atoms with Crippen molar-refractivity contribution in [2.24, 2.45) is 0 Å². The zero-order valence-corrected chi connectivity index (χ0v) is 8.37. The Kier molecular flexibility index (Phi) is 2.97. The Morgan fingerprint density at radius 3 is 2.87 bits per heavy atom. The molecule has 1 heterocycles. The van der Waals surface area contributed by atoms with Crippen molar-refractivity contribution in [2.45, 2.75) is 19.4 Å². The lowest BCUT2D eigenvalue weighted by atomic mass is 10.2. The van der Waals surface area contributed by atoms with Crippen molar-refractivity contribution in [3.8, 4) is 0 Å². The van der Waals surface area contributed by atoms with E-state index in [0.717, 1.165) is 6.42 Å². The fraction of sp³-hybridized carbons (Fsp3) is 0.364. The first kappa shape index (κ1) is 10.1. The predicted octanol–water partition coefficient (Wildman–Crippen LogP) is 1.45. The van der Waals surface area contributed by atoms with Gasteiger partial charge in [0.25, 0.3) is 0 Å². The fourth-order valence-electron chi connectivity index (χ4n) is 1.64. The standard InChI is InChI=1S/C11H13FN2O/c12-10-5-2-1-4-9(10)8-13-14-7-3-6-11(14)15/h1-2,4-5,13H,3,6-8H2. The highest BCUT2D eigenvalue weighted by Crippen LogP contribution is 2.09. The number of hydrogen-bond donors (Lipinski definition) is 1. The lowest BCUT2D eigenvalue weighted by Gasteiger charge is -2.16. The molecule has 0 aliphatic carbocycles. The van der Waals surface area contributed by atoms with Gasteiger partial charge in [0, 0.05) is 25.1 Å². The molecule has 4 heteroatoms. The molecule has 0 aromatic heterocycles. The molecule has 1 aliphatic heterocycles. The Labute approximate surface area is 87.9 Å². The number of carbonyl (C=O) groups excluding carboxylic acids is 1. The third kappa shape index (κ3) is 2.33. The third-order valence-electron chi connectivity index (χ3n) is 2.49. The van der Waals surface area contributed by atoms with Crippen LogP contribution in [-0.2, 0) is 11.3 Å². The predicted molar refractivity (Wildman–Crippen MR) is 54.2 cm³/mol. The molecule has 1 N–H and O–H groups in total. The van der Waals surface area contributed by atoms with Gasteiger partial charge in [-0.1, -0.05) is 18.2 Å². The van der Waals surface area contributed by atoms with Crippen LogP contribution in [0.4, 0.5) is 4.39 Å². The van der Waals surface area contributed by atoms with E-state index in [1.54, 1.807) is 23.2 Å². The molecule has 80 valence electrons. The highest BCUT2D eigenvalue weighted by Gasteiger charge is 2.19. The largest absolute Gasteiger partial charge is 0.278 e. The van der Waals surface area contributed by atoms with Crippen molar-refractivity contribution in [1.82, 2.24) is 10.4 Å². The van der Waals surface area contributed by atoms with Crippen molar-refractivity contribution in [3.63, 3.8) is 0 Å². The summed E-state index contributed by atoms with van der Waals surface area (Å²) in [6.45, 7) is 1.08. The fourth-order valence-corrected chi connectivity index (χ4v) is 1.64. The van der Waals surface area contributed by atoms with Crippen molar-refractivity contribution in [1.29, 1.82) is 0 Å². The maximum atomic E-state index is 13.2. The van der Waals surface area contributed by atoms with Gasteiger partial charge in [-0.15, -0.1) is 0 Å². The minimum Gasteiger partial charge on any atom is -0.278 e. The van der Waals surface area contributed by atoms with Crippen molar-refractivity contribution < 1.29 is 9.18 Å². The Balaban J connectivity index is 1.93. The van der Waals surface area contributed by atoms with Crippen LogP contribution < -0.4 is 5.43 Å². The number of carbonyl (C=O) groups is 1. The van der Waals surface area contributed by atoms with Crippen LogP contribution in [0, 0.1) is 5.82 Å². The van der Waals surface area contributed by atoms with Gasteiger partial charge in [0.05, 0.1) is 0 Å². The molecule has 0 spiro atoms. The van der Waals surface area contributed by atoms with Crippen LogP contribution in [0.1, 0.15) is 18.4 Å². The Morgan fingerprint density at radius 2 is 2.20 bits per heavy atom. The molecular formula is C11H13FN2O. The monoisotopic (exact) mass is 208 g/mol. The topological polar surface area (TPSA) is 32.3 Å². The van der Waals surface area contributed by atoms with E-state index in [4.69, 9.17) is 0 Å². The molecule has 0 bridgehead atoms. The van der Waals surface area contributed by atoms with E-state index in [-0.39, 0.29) is 11.7 Å². The van der Waals surface area contributed by atoms with Crippen LogP contribution in [-0.4, -0.2) is 17.5 Å². The third-order valence-corrected chi connectivity index (χ3v) is 2.49. The van der Waals surface area contributed by atoms with Gasteiger partial charge < -0.3 is 0 Å². The van der Waals surface area contributed by atoms with Crippen molar-refractivity contribution in [2.75, 3.05) is 6.54 Å². The number of benzene rings is 1. The number of hydrazine groups is 1. The molecule has 1 aliphatic rings. The average molecular weight is 208 g/mol. The van der Waals surface area contributed by atoms with E-state index in [1.807, 2.05) is 0 Å². The number of hydrogen-bond acceptors (Lipinski definition) is 2. The molecule has 0 unspecified atom stereocenters. The number of rotatable bonds is 3. The summed E-state index contributed by atoms with van der Waals surface area (Å²) in [5.74, 6) is -0.150. The SMILES string of the molecule is O=C1CCCN1NCc1ccccc1F. The van der Waals surface area contributed by atoms with Gasteiger partial charge in [0.2, 0.25) is 5.91 Å². The highest BCUT2D eigenvalue weighted by molar-refractivity contribution is 5.77. The molecule has 1 amide bonds. The molecule has 15 heavy (non-hydrogen) atoms. The molecule has 0 saturated carbocycles. The van der Waals surface area contributed by atoms with Gasteiger partial charge >= 0.3 is 0 Å². The van der Waals surface area contributed by atoms with Gasteiger partial charge in [-0.3, -0.25) is 9.80 Å². The van der Waals surface area contributed by atoms with E-state index in [0.29, 0.717) is 25.1 Å². The maximum absolute atomic E-state index is 13.2. The van der Waals surface area contributed by atoms with Crippen molar-refractivity contribution >= 4 is 5.91 Å². The van der Waals surface area contributed by atoms with Crippen LogP contribution in [0.5, 0.6) is 0 Å². The normalized spacial score (nSPS) is 16.1. The quantitative estimate of drug-likeness (QED) is 0.815. The van der Waals surface area contributed by atoms with Crippen LogP contribution >= 0.6 is 0 Å². The molecule has 3 nitrogen and oxygen atoms in total. The minimum atomic E-state index is -0.239. The van der Waals surface area contributed by atoms with Crippen LogP contribution in [0.2, 0.25) is 0 Å². The van der Waals surface area contributed by atoms with E-state index in [2.05, 4.69) is 5.43 Å². The molecule has 1 saturated heterocycles. The molecular weight excluding hydrogens is 195 g/mol. The molecule has 0 atom stereocenters. The summed E-state index contributed by atoms with van der Waals surface area (Å²) in [4.78, 5) is 11.3. The Hall–Kier alpha value is -1.42. The van der Waals surface area contributed by atoms with Gasteiger partial charge in [-0.25, -0.2) is 9.82 Å².